The van der Waals surface area contributed by atoms with Crippen LogP contribution in [0.15, 0.2) is 24.3 Å². The molecule has 1 heterocycles. The third-order valence-corrected chi connectivity index (χ3v) is 5.33. The van der Waals surface area contributed by atoms with Crippen molar-refractivity contribution in [3.05, 3.63) is 35.4 Å². The van der Waals surface area contributed by atoms with Gasteiger partial charge in [0.05, 0.1) is 0 Å². The number of carbonyl (C=O) groups is 2. The molecule has 2 unspecified atom stereocenters. The Labute approximate surface area is 150 Å². The quantitative estimate of drug-likeness (QED) is 0.741. The summed E-state index contributed by atoms with van der Waals surface area (Å²) in [6, 6.07) is 8.43. The van der Waals surface area contributed by atoms with Gasteiger partial charge in [0.25, 0.3) is 0 Å². The molecular formula is C20H29N3O2. The van der Waals surface area contributed by atoms with Crippen molar-refractivity contribution in [3.63, 3.8) is 0 Å². The lowest BCUT2D eigenvalue weighted by molar-refractivity contribution is -0.126. The Hall–Kier alpha value is -1.88. The van der Waals surface area contributed by atoms with Crippen LogP contribution in [0.25, 0.3) is 0 Å². The molecule has 1 aromatic rings. The predicted molar refractivity (Wildman–Crippen MR) is 98.1 cm³/mol. The van der Waals surface area contributed by atoms with Crippen molar-refractivity contribution in [2.75, 3.05) is 13.1 Å². The van der Waals surface area contributed by atoms with Gasteiger partial charge in [-0.15, -0.1) is 0 Å². The lowest BCUT2D eigenvalue weighted by Gasteiger charge is -2.27. The van der Waals surface area contributed by atoms with Gasteiger partial charge in [-0.1, -0.05) is 37.1 Å². The molecule has 5 nitrogen and oxygen atoms in total. The minimum atomic E-state index is -0.125. The first-order chi connectivity index (χ1) is 12.1. The first-order valence-electron chi connectivity index (χ1n) is 9.51. The highest BCUT2D eigenvalue weighted by molar-refractivity contribution is 5.81. The monoisotopic (exact) mass is 343 g/mol. The van der Waals surface area contributed by atoms with E-state index in [0.29, 0.717) is 13.0 Å². The van der Waals surface area contributed by atoms with E-state index in [-0.39, 0.29) is 29.8 Å². The van der Waals surface area contributed by atoms with Crippen LogP contribution in [0.1, 0.15) is 56.2 Å². The number of nitrogens with one attached hydrogen (secondary N) is 3. The molecule has 3 N–H and O–H groups in total. The molecule has 2 amide bonds. The molecule has 1 aromatic carbocycles. The Morgan fingerprint density at radius 1 is 1.24 bits per heavy atom. The fraction of sp³-hybridized carbons (Fsp3) is 0.600. The Bertz CT molecular complexity index is 611. The summed E-state index contributed by atoms with van der Waals surface area (Å²) in [5.41, 5.74) is 2.63. The molecule has 0 spiro atoms. The van der Waals surface area contributed by atoms with Crippen molar-refractivity contribution in [2.45, 2.75) is 57.5 Å². The molecule has 1 fully saturated rings. The minimum Gasteiger partial charge on any atom is -0.354 e. The van der Waals surface area contributed by atoms with Gasteiger partial charge >= 0.3 is 0 Å². The first kappa shape index (κ1) is 17.9. The van der Waals surface area contributed by atoms with Crippen LogP contribution in [-0.2, 0) is 16.0 Å². The highest BCUT2D eigenvalue weighted by atomic mass is 16.2. The van der Waals surface area contributed by atoms with Gasteiger partial charge in [0, 0.05) is 31.0 Å². The maximum absolute atomic E-state index is 12.2. The number of hydrogen-bond donors (Lipinski definition) is 3. The lowest BCUT2D eigenvalue weighted by Crippen LogP contribution is -2.42. The van der Waals surface area contributed by atoms with Crippen molar-refractivity contribution in [1.82, 2.24) is 16.0 Å². The van der Waals surface area contributed by atoms with E-state index in [4.69, 9.17) is 0 Å². The molecule has 2 atom stereocenters. The summed E-state index contributed by atoms with van der Waals surface area (Å²) in [6.45, 7) is 3.42. The molecule has 0 saturated heterocycles. The number of hydrogen-bond acceptors (Lipinski definition) is 3. The van der Waals surface area contributed by atoms with Crippen molar-refractivity contribution in [3.8, 4) is 0 Å². The zero-order valence-electron chi connectivity index (χ0n) is 15.0. The molecule has 5 heteroatoms. The predicted octanol–water partition coefficient (Wildman–Crippen LogP) is 2.07. The van der Waals surface area contributed by atoms with Crippen LogP contribution in [0.5, 0.6) is 0 Å². The van der Waals surface area contributed by atoms with Gasteiger partial charge in [-0.3, -0.25) is 9.59 Å². The smallest absolute Gasteiger partial charge is 0.223 e. The zero-order valence-corrected chi connectivity index (χ0v) is 15.0. The molecule has 1 saturated carbocycles. The van der Waals surface area contributed by atoms with Gasteiger partial charge in [0.15, 0.2) is 0 Å². The third-order valence-electron chi connectivity index (χ3n) is 5.33. The topological polar surface area (TPSA) is 70.2 Å². The second kappa shape index (κ2) is 8.48. The highest BCUT2D eigenvalue weighted by Gasteiger charge is 2.24. The van der Waals surface area contributed by atoms with Gasteiger partial charge in [0.2, 0.25) is 11.8 Å². The van der Waals surface area contributed by atoms with Crippen molar-refractivity contribution in [2.24, 2.45) is 5.92 Å². The molecule has 1 aliphatic carbocycles. The van der Waals surface area contributed by atoms with Gasteiger partial charge in [-0.25, -0.2) is 0 Å². The first-order valence-corrected chi connectivity index (χ1v) is 9.51. The SMILES string of the molecule is CC(CC(=O)NCC1NCCc2ccccc21)NC(=O)C1CCCC1. The molecule has 0 radical (unpaired) electrons. The Kier molecular flexibility index (Phi) is 6.08. The maximum atomic E-state index is 12.2. The van der Waals surface area contributed by atoms with Gasteiger partial charge in [-0.05, 0) is 43.9 Å². The molecule has 1 aliphatic heterocycles. The molecular weight excluding hydrogens is 314 g/mol. The van der Waals surface area contributed by atoms with Crippen molar-refractivity contribution < 1.29 is 9.59 Å². The van der Waals surface area contributed by atoms with Crippen LogP contribution >= 0.6 is 0 Å². The second-order valence-corrected chi connectivity index (χ2v) is 7.35. The van der Waals surface area contributed by atoms with Crippen LogP contribution in [-0.4, -0.2) is 30.9 Å². The van der Waals surface area contributed by atoms with Crippen LogP contribution in [0.3, 0.4) is 0 Å². The van der Waals surface area contributed by atoms with E-state index in [0.717, 1.165) is 38.6 Å². The molecule has 0 bridgehead atoms. The largest absolute Gasteiger partial charge is 0.354 e. The summed E-state index contributed by atoms with van der Waals surface area (Å²) in [6.07, 6.45) is 5.61. The molecule has 3 rings (SSSR count). The Balaban J connectivity index is 1.43. The van der Waals surface area contributed by atoms with E-state index in [1.807, 2.05) is 13.0 Å². The van der Waals surface area contributed by atoms with Crippen molar-refractivity contribution in [1.29, 1.82) is 0 Å². The van der Waals surface area contributed by atoms with Crippen LogP contribution in [0, 0.1) is 5.92 Å². The zero-order chi connectivity index (χ0) is 17.6. The lowest BCUT2D eigenvalue weighted by atomic mass is 9.94. The standard InChI is InChI=1S/C20H29N3O2/c1-14(23-20(25)16-7-2-3-8-16)12-19(24)22-13-18-17-9-5-4-6-15(17)10-11-21-18/h4-6,9,14,16,18,21H,2-3,7-8,10-13H2,1H3,(H,22,24)(H,23,25). The summed E-state index contributed by atoms with van der Waals surface area (Å²) in [7, 11) is 0. The Morgan fingerprint density at radius 3 is 2.80 bits per heavy atom. The van der Waals surface area contributed by atoms with E-state index in [1.54, 1.807) is 0 Å². The van der Waals surface area contributed by atoms with E-state index in [9.17, 15) is 9.59 Å². The number of fused-ring (bicyclic) bond motifs is 1. The average molecular weight is 343 g/mol. The summed E-state index contributed by atoms with van der Waals surface area (Å²) in [5.74, 6) is 0.248. The number of amides is 2. The van der Waals surface area contributed by atoms with Gasteiger partial charge < -0.3 is 16.0 Å². The molecule has 136 valence electrons. The van der Waals surface area contributed by atoms with E-state index in [1.165, 1.54) is 11.1 Å². The van der Waals surface area contributed by atoms with Crippen molar-refractivity contribution >= 4 is 11.8 Å². The summed E-state index contributed by atoms with van der Waals surface area (Å²) in [4.78, 5) is 24.3. The van der Waals surface area contributed by atoms with Gasteiger partial charge in [0.1, 0.15) is 0 Å². The van der Waals surface area contributed by atoms with Gasteiger partial charge in [-0.2, -0.15) is 0 Å². The highest BCUT2D eigenvalue weighted by Crippen LogP contribution is 2.25. The van der Waals surface area contributed by atoms with Crippen LogP contribution in [0.4, 0.5) is 0 Å². The average Bonchev–Trinajstić information content (AvgIpc) is 3.14. The van der Waals surface area contributed by atoms with E-state index in [2.05, 4.69) is 34.1 Å². The fourth-order valence-corrected chi connectivity index (χ4v) is 3.94. The second-order valence-electron chi connectivity index (χ2n) is 7.35. The van der Waals surface area contributed by atoms with E-state index < -0.39 is 0 Å². The fourth-order valence-electron chi connectivity index (χ4n) is 3.94. The summed E-state index contributed by atoms with van der Waals surface area (Å²) in [5, 5.41) is 9.47. The van der Waals surface area contributed by atoms with Crippen LogP contribution in [0.2, 0.25) is 0 Å². The third kappa shape index (κ3) is 4.82. The summed E-state index contributed by atoms with van der Waals surface area (Å²) < 4.78 is 0. The molecule has 2 aliphatic rings. The number of benzene rings is 1. The maximum Gasteiger partial charge on any atom is 0.223 e. The van der Waals surface area contributed by atoms with Crippen LogP contribution < -0.4 is 16.0 Å². The normalized spacial score (nSPS) is 21.4. The van der Waals surface area contributed by atoms with E-state index >= 15 is 0 Å². The Morgan fingerprint density at radius 2 is 2.00 bits per heavy atom. The number of carbonyl (C=O) groups excluding carboxylic acids is 2. The molecule has 25 heavy (non-hydrogen) atoms. The summed E-state index contributed by atoms with van der Waals surface area (Å²) >= 11 is 0. The minimum absolute atomic E-state index is 0.0101. The number of rotatable bonds is 6. The molecule has 0 aromatic heterocycles.